The molecule has 1 saturated carbocycles. The maximum atomic E-state index is 5.81. The smallest absolute Gasteiger partial charge is 0.128 e. The lowest BCUT2D eigenvalue weighted by molar-refractivity contribution is 0.00368. The second-order valence-corrected chi connectivity index (χ2v) is 7.58. The molecule has 1 aromatic carbocycles. The minimum atomic E-state index is -0.242. The van der Waals surface area contributed by atoms with Gasteiger partial charge in [-0.2, -0.15) is 0 Å². The number of ether oxygens (including phenoxy) is 2. The maximum Gasteiger partial charge on any atom is 0.128 e. The summed E-state index contributed by atoms with van der Waals surface area (Å²) >= 11 is 0. The lowest BCUT2D eigenvalue weighted by Crippen LogP contribution is -2.24. The van der Waals surface area contributed by atoms with E-state index in [1.807, 2.05) is 10.9 Å². The Hall–Kier alpha value is -2.16. The van der Waals surface area contributed by atoms with Crippen molar-refractivity contribution < 1.29 is 9.47 Å². The molecule has 2 atom stereocenters. The van der Waals surface area contributed by atoms with Gasteiger partial charge < -0.3 is 9.47 Å². The van der Waals surface area contributed by atoms with Crippen LogP contribution in [-0.4, -0.2) is 34.8 Å². The summed E-state index contributed by atoms with van der Waals surface area (Å²) in [6.45, 7) is 3.69. The van der Waals surface area contributed by atoms with Crippen molar-refractivity contribution in [1.82, 2.24) is 15.0 Å². The van der Waals surface area contributed by atoms with Gasteiger partial charge in [0.25, 0.3) is 0 Å². The molecule has 0 spiro atoms. The van der Waals surface area contributed by atoms with Gasteiger partial charge >= 0.3 is 0 Å². The fourth-order valence-corrected chi connectivity index (χ4v) is 3.50. The quantitative estimate of drug-likeness (QED) is 0.759. The molecule has 1 aromatic heterocycles. The number of hydrogen-bond acceptors (Lipinski definition) is 4. The molecule has 5 nitrogen and oxygen atoms in total. The highest BCUT2D eigenvalue weighted by atomic mass is 16.5. The van der Waals surface area contributed by atoms with Crippen LogP contribution in [0.5, 0.6) is 0 Å². The average molecular weight is 365 g/mol. The summed E-state index contributed by atoms with van der Waals surface area (Å²) < 4.78 is 13.5. The van der Waals surface area contributed by atoms with Crippen molar-refractivity contribution in [2.75, 3.05) is 13.7 Å². The van der Waals surface area contributed by atoms with Gasteiger partial charge in [0.05, 0.1) is 18.8 Å². The summed E-state index contributed by atoms with van der Waals surface area (Å²) in [5.41, 5.74) is 4.13. The zero-order valence-corrected chi connectivity index (χ0v) is 16.1. The minimum absolute atomic E-state index is 0.233. The first-order valence-corrected chi connectivity index (χ1v) is 9.89. The fourth-order valence-electron chi connectivity index (χ4n) is 3.50. The monoisotopic (exact) mass is 365 g/mol. The van der Waals surface area contributed by atoms with Gasteiger partial charge in [-0.3, -0.25) is 0 Å². The molecular weight excluding hydrogens is 338 g/mol. The third-order valence-electron chi connectivity index (χ3n) is 5.29. The van der Waals surface area contributed by atoms with Gasteiger partial charge in [0, 0.05) is 25.2 Å². The van der Waals surface area contributed by atoms with Crippen LogP contribution in [0, 0.1) is 24.7 Å². The normalized spacial score (nSPS) is 20.7. The number of hydrogen-bond donors (Lipinski definition) is 0. The van der Waals surface area contributed by atoms with Crippen LogP contribution in [0.15, 0.2) is 24.4 Å². The molecule has 0 N–H and O–H groups in total. The zero-order chi connectivity index (χ0) is 18.6. The molecule has 0 radical (unpaired) electrons. The third-order valence-corrected chi connectivity index (χ3v) is 5.29. The van der Waals surface area contributed by atoms with Crippen LogP contribution in [0.3, 0.4) is 0 Å². The predicted octanol–water partition coefficient (Wildman–Crippen LogP) is 3.65. The third kappa shape index (κ3) is 4.58. The molecule has 1 aliphatic carbocycles. The summed E-state index contributed by atoms with van der Waals surface area (Å²) in [4.78, 5) is 0. The average Bonchev–Trinajstić information content (AvgIpc) is 3.42. The Morgan fingerprint density at radius 3 is 2.93 bits per heavy atom. The molecule has 1 aliphatic heterocycles. The van der Waals surface area contributed by atoms with Crippen molar-refractivity contribution in [2.45, 2.75) is 57.8 Å². The van der Waals surface area contributed by atoms with E-state index in [1.54, 1.807) is 7.11 Å². The Morgan fingerprint density at radius 2 is 2.19 bits per heavy atom. The van der Waals surface area contributed by atoms with Crippen LogP contribution in [0.2, 0.25) is 0 Å². The highest BCUT2D eigenvalue weighted by molar-refractivity contribution is 5.43. The second kappa shape index (κ2) is 8.24. The van der Waals surface area contributed by atoms with E-state index in [-0.39, 0.29) is 12.2 Å². The SMILES string of the molecule is CO[C@H](c1cn(C[C@H]2CCCCO2)nn1)c1cc(C#CC2CC2)ccc1C. The van der Waals surface area contributed by atoms with E-state index >= 15 is 0 Å². The van der Waals surface area contributed by atoms with Gasteiger partial charge in [0.15, 0.2) is 0 Å². The van der Waals surface area contributed by atoms with Crippen LogP contribution in [0.25, 0.3) is 0 Å². The topological polar surface area (TPSA) is 49.2 Å². The Morgan fingerprint density at radius 1 is 1.30 bits per heavy atom. The number of nitrogens with zero attached hydrogens (tertiary/aromatic N) is 3. The van der Waals surface area contributed by atoms with Gasteiger partial charge in [-0.1, -0.05) is 23.1 Å². The van der Waals surface area contributed by atoms with Crippen molar-refractivity contribution in [2.24, 2.45) is 5.92 Å². The van der Waals surface area contributed by atoms with E-state index < -0.39 is 0 Å². The lowest BCUT2D eigenvalue weighted by atomic mass is 9.98. The molecule has 4 rings (SSSR count). The molecule has 0 unspecified atom stereocenters. The summed E-state index contributed by atoms with van der Waals surface area (Å²) in [6.07, 6.45) is 7.91. The Kier molecular flexibility index (Phi) is 5.56. The maximum absolute atomic E-state index is 5.81. The lowest BCUT2D eigenvalue weighted by Gasteiger charge is -2.22. The first-order chi connectivity index (χ1) is 13.2. The molecule has 2 aliphatic rings. The molecule has 27 heavy (non-hydrogen) atoms. The van der Waals surface area contributed by atoms with E-state index in [4.69, 9.17) is 9.47 Å². The van der Waals surface area contributed by atoms with Crippen LogP contribution >= 0.6 is 0 Å². The molecule has 2 fully saturated rings. The van der Waals surface area contributed by atoms with Crippen molar-refractivity contribution in [3.8, 4) is 11.8 Å². The van der Waals surface area contributed by atoms with Crippen LogP contribution < -0.4 is 0 Å². The Bertz CT molecular complexity index is 839. The molecule has 0 bridgehead atoms. The highest BCUT2D eigenvalue weighted by Gasteiger charge is 2.22. The van der Waals surface area contributed by atoms with Crippen LogP contribution in [0.1, 0.15) is 60.6 Å². The first-order valence-electron chi connectivity index (χ1n) is 9.89. The number of aryl methyl sites for hydroxylation is 1. The summed E-state index contributed by atoms with van der Waals surface area (Å²) in [6, 6.07) is 6.32. The number of aromatic nitrogens is 3. The van der Waals surface area contributed by atoms with Gasteiger partial charge in [-0.05, 0) is 62.3 Å². The minimum Gasteiger partial charge on any atom is -0.376 e. The van der Waals surface area contributed by atoms with E-state index in [0.717, 1.165) is 42.8 Å². The number of benzene rings is 1. The van der Waals surface area contributed by atoms with Crippen molar-refractivity contribution in [3.63, 3.8) is 0 Å². The van der Waals surface area contributed by atoms with E-state index in [9.17, 15) is 0 Å². The summed E-state index contributed by atoms with van der Waals surface area (Å²) in [5.74, 6) is 7.22. The van der Waals surface area contributed by atoms with Gasteiger partial charge in [-0.25, -0.2) is 4.68 Å². The van der Waals surface area contributed by atoms with Gasteiger partial charge in [0.1, 0.15) is 11.8 Å². The van der Waals surface area contributed by atoms with Gasteiger partial charge in [0.2, 0.25) is 0 Å². The van der Waals surface area contributed by atoms with E-state index in [2.05, 4.69) is 47.3 Å². The first kappa shape index (κ1) is 18.2. The standard InChI is InChI=1S/C22H27N3O2/c1-16-6-7-18(11-10-17-8-9-17)13-20(16)22(26-2)21-15-25(24-23-21)14-19-5-3-4-12-27-19/h6-7,13,15,17,19,22H,3-5,8-9,12,14H2,1-2H3/t19-,22+/m1/s1. The second-order valence-electron chi connectivity index (χ2n) is 7.58. The predicted molar refractivity (Wildman–Crippen MR) is 103 cm³/mol. The Labute approximate surface area is 161 Å². The molecule has 5 heteroatoms. The van der Waals surface area contributed by atoms with Crippen LogP contribution in [0.4, 0.5) is 0 Å². The summed E-state index contributed by atoms with van der Waals surface area (Å²) in [7, 11) is 1.72. The largest absolute Gasteiger partial charge is 0.376 e. The molecule has 142 valence electrons. The number of methoxy groups -OCH3 is 1. The molecule has 2 aromatic rings. The molecule has 0 amide bonds. The van der Waals surface area contributed by atoms with Crippen molar-refractivity contribution >= 4 is 0 Å². The van der Waals surface area contributed by atoms with Crippen LogP contribution in [-0.2, 0) is 16.0 Å². The summed E-state index contributed by atoms with van der Waals surface area (Å²) in [5, 5.41) is 8.68. The number of rotatable bonds is 5. The highest BCUT2D eigenvalue weighted by Crippen LogP contribution is 2.29. The Balaban J connectivity index is 1.53. The zero-order valence-electron chi connectivity index (χ0n) is 16.1. The van der Waals surface area contributed by atoms with Crippen molar-refractivity contribution in [3.05, 3.63) is 46.8 Å². The van der Waals surface area contributed by atoms with E-state index in [0.29, 0.717) is 5.92 Å². The fraction of sp³-hybridized carbons (Fsp3) is 0.545. The molecule has 2 heterocycles. The molecular formula is C22H27N3O2. The van der Waals surface area contributed by atoms with Gasteiger partial charge in [-0.15, -0.1) is 5.10 Å². The molecule has 1 saturated heterocycles. The van der Waals surface area contributed by atoms with E-state index in [1.165, 1.54) is 24.8 Å². The van der Waals surface area contributed by atoms with Crippen molar-refractivity contribution in [1.29, 1.82) is 0 Å².